The van der Waals surface area contributed by atoms with E-state index in [2.05, 4.69) is 10.1 Å². The molecule has 0 aliphatic carbocycles. The van der Waals surface area contributed by atoms with Crippen molar-refractivity contribution < 1.29 is 22.7 Å². The number of aryl methyl sites for hydroxylation is 2. The number of esters is 1. The lowest BCUT2D eigenvalue weighted by Gasteiger charge is -2.33. The smallest absolute Gasteiger partial charge is 0.307 e. The van der Waals surface area contributed by atoms with Gasteiger partial charge in [-0.05, 0) is 19.9 Å². The maximum absolute atomic E-state index is 12.8. The van der Waals surface area contributed by atoms with E-state index >= 15 is 0 Å². The predicted molar refractivity (Wildman–Crippen MR) is 81.1 cm³/mol. The van der Waals surface area contributed by atoms with Crippen LogP contribution in [0.3, 0.4) is 0 Å². The van der Waals surface area contributed by atoms with Gasteiger partial charge in [-0.15, -0.1) is 11.3 Å². The Labute approximate surface area is 133 Å². The summed E-state index contributed by atoms with van der Waals surface area (Å²) in [6.45, 7) is 3.90. The number of nitrogens with one attached hydrogen (secondary N) is 1. The second kappa shape index (κ2) is 6.35. The molecule has 0 unspecified atom stereocenters. The zero-order valence-corrected chi connectivity index (χ0v) is 14.2. The molecule has 1 aliphatic heterocycles. The zero-order chi connectivity index (χ0) is 16.5. The van der Waals surface area contributed by atoms with E-state index in [1.54, 1.807) is 13.0 Å². The van der Waals surface area contributed by atoms with Crippen LogP contribution in [0.15, 0.2) is 11.0 Å². The summed E-state index contributed by atoms with van der Waals surface area (Å²) >= 11 is 1.38. The molecule has 0 spiro atoms. The molecule has 0 radical (unpaired) electrons. The summed E-state index contributed by atoms with van der Waals surface area (Å²) in [7, 11) is -2.63. The van der Waals surface area contributed by atoms with Crippen molar-refractivity contribution in [3.05, 3.63) is 15.8 Å². The first-order chi connectivity index (χ1) is 10.3. The molecule has 9 heteroatoms. The average molecular weight is 346 g/mol. The van der Waals surface area contributed by atoms with E-state index < -0.39 is 27.9 Å². The Balaban J connectivity index is 2.40. The Hall–Kier alpha value is -1.45. The fraction of sp³-hybridized carbons (Fsp3) is 0.538. The van der Waals surface area contributed by atoms with Crippen molar-refractivity contribution in [1.29, 1.82) is 0 Å². The van der Waals surface area contributed by atoms with Crippen LogP contribution in [0, 0.1) is 13.8 Å². The number of hydrogen-bond acceptors (Lipinski definition) is 6. The van der Waals surface area contributed by atoms with Crippen molar-refractivity contribution in [1.82, 2.24) is 9.62 Å². The molecule has 1 aromatic rings. The summed E-state index contributed by atoms with van der Waals surface area (Å²) in [6.07, 6.45) is -0.302. The minimum absolute atomic E-state index is 0.129. The monoisotopic (exact) mass is 346 g/mol. The maximum Gasteiger partial charge on any atom is 0.307 e. The highest BCUT2D eigenvalue weighted by atomic mass is 32.2. The summed E-state index contributed by atoms with van der Waals surface area (Å²) in [4.78, 5) is 25.2. The van der Waals surface area contributed by atoms with Gasteiger partial charge in [-0.2, -0.15) is 4.31 Å². The van der Waals surface area contributed by atoms with E-state index in [9.17, 15) is 18.0 Å². The number of rotatable bonds is 4. The lowest BCUT2D eigenvalue weighted by atomic mass is 10.1. The van der Waals surface area contributed by atoms with Gasteiger partial charge in [0.15, 0.2) is 0 Å². The van der Waals surface area contributed by atoms with Gasteiger partial charge in [0, 0.05) is 22.8 Å². The summed E-state index contributed by atoms with van der Waals surface area (Å²) in [5, 5.41) is 2.58. The molecule has 1 fully saturated rings. The Morgan fingerprint density at radius 2 is 2.18 bits per heavy atom. The first-order valence-electron chi connectivity index (χ1n) is 6.70. The predicted octanol–water partition coefficient (Wildman–Crippen LogP) is 0.417. The summed E-state index contributed by atoms with van der Waals surface area (Å²) < 4.78 is 31.3. The second-order valence-electron chi connectivity index (χ2n) is 4.98. The van der Waals surface area contributed by atoms with E-state index in [1.807, 2.05) is 6.92 Å². The highest BCUT2D eigenvalue weighted by Gasteiger charge is 2.40. The number of amides is 1. The second-order valence-corrected chi connectivity index (χ2v) is 8.30. The maximum atomic E-state index is 12.8. The third kappa shape index (κ3) is 3.16. The van der Waals surface area contributed by atoms with Crippen molar-refractivity contribution in [2.75, 3.05) is 20.2 Å². The minimum atomic E-state index is -3.83. The van der Waals surface area contributed by atoms with Crippen LogP contribution in [0.25, 0.3) is 0 Å². The van der Waals surface area contributed by atoms with Crippen LogP contribution < -0.4 is 5.32 Å². The van der Waals surface area contributed by atoms with E-state index in [0.717, 1.165) is 9.18 Å². The topological polar surface area (TPSA) is 92.8 Å². The number of piperazine rings is 1. The first-order valence-corrected chi connectivity index (χ1v) is 8.96. The van der Waals surface area contributed by atoms with Crippen molar-refractivity contribution in [3.8, 4) is 0 Å². The van der Waals surface area contributed by atoms with Gasteiger partial charge in [0.1, 0.15) is 6.04 Å². The van der Waals surface area contributed by atoms with Gasteiger partial charge in [-0.3, -0.25) is 9.59 Å². The number of hydrogen-bond donors (Lipinski definition) is 1. The molecule has 0 aromatic carbocycles. The number of sulfonamides is 1. The fourth-order valence-electron chi connectivity index (χ4n) is 2.41. The normalized spacial score (nSPS) is 19.8. The molecule has 0 saturated carbocycles. The molecule has 1 atom stereocenters. The Bertz CT molecular complexity index is 695. The molecule has 122 valence electrons. The standard InChI is InChI=1S/C13H18N2O5S2/c1-8-6-11(9(2)21-8)22(18,19)15-5-4-14-13(17)10(15)7-12(16)20-3/h6,10H,4-5,7H2,1-3H3,(H,14,17)/t10-/m1/s1. The third-order valence-electron chi connectivity index (χ3n) is 3.45. The molecule has 1 aliphatic rings. The molecular weight excluding hydrogens is 328 g/mol. The number of carbonyl (C=O) groups excluding carboxylic acids is 2. The lowest BCUT2D eigenvalue weighted by Crippen LogP contribution is -2.57. The summed E-state index contributed by atoms with van der Waals surface area (Å²) in [5.41, 5.74) is 0. The summed E-state index contributed by atoms with van der Waals surface area (Å²) in [6, 6.07) is 0.516. The van der Waals surface area contributed by atoms with Crippen molar-refractivity contribution in [2.24, 2.45) is 0 Å². The van der Waals surface area contributed by atoms with Gasteiger partial charge in [0.25, 0.3) is 0 Å². The molecule has 1 aromatic heterocycles. The van der Waals surface area contributed by atoms with E-state index in [4.69, 9.17) is 0 Å². The van der Waals surface area contributed by atoms with Gasteiger partial charge < -0.3 is 10.1 Å². The number of ether oxygens (including phenoxy) is 1. The number of methoxy groups -OCH3 is 1. The fourth-order valence-corrected chi connectivity index (χ4v) is 5.52. The largest absolute Gasteiger partial charge is 0.469 e. The molecule has 7 nitrogen and oxygen atoms in total. The minimum Gasteiger partial charge on any atom is -0.469 e. The molecular formula is C13H18N2O5S2. The third-order valence-corrected chi connectivity index (χ3v) is 6.58. The van der Waals surface area contributed by atoms with Gasteiger partial charge >= 0.3 is 5.97 Å². The molecule has 1 N–H and O–H groups in total. The van der Waals surface area contributed by atoms with Crippen molar-refractivity contribution in [2.45, 2.75) is 31.2 Å². The van der Waals surface area contributed by atoms with Crippen LogP contribution in [0.4, 0.5) is 0 Å². The average Bonchev–Trinajstić information content (AvgIpc) is 2.80. The Morgan fingerprint density at radius 1 is 1.50 bits per heavy atom. The van der Waals surface area contributed by atoms with Crippen molar-refractivity contribution in [3.63, 3.8) is 0 Å². The van der Waals surface area contributed by atoms with E-state index in [1.165, 1.54) is 18.4 Å². The molecule has 2 heterocycles. The van der Waals surface area contributed by atoms with Crippen LogP contribution in [0.1, 0.15) is 16.2 Å². The van der Waals surface area contributed by atoms with Gasteiger partial charge in [-0.1, -0.05) is 0 Å². The van der Waals surface area contributed by atoms with E-state index in [-0.39, 0.29) is 24.4 Å². The highest BCUT2D eigenvalue weighted by Crippen LogP contribution is 2.29. The van der Waals surface area contributed by atoms with Gasteiger partial charge in [0.2, 0.25) is 15.9 Å². The Morgan fingerprint density at radius 3 is 2.73 bits per heavy atom. The van der Waals surface area contributed by atoms with Gasteiger partial charge in [0.05, 0.1) is 18.4 Å². The number of nitrogens with zero attached hydrogens (tertiary/aromatic N) is 1. The SMILES string of the molecule is COC(=O)C[C@@H]1C(=O)NCCN1S(=O)(=O)c1cc(C)sc1C. The van der Waals surface area contributed by atoms with Crippen molar-refractivity contribution >= 4 is 33.2 Å². The molecule has 0 bridgehead atoms. The van der Waals surface area contributed by atoms with Crippen LogP contribution in [-0.4, -0.2) is 50.8 Å². The molecule has 1 saturated heterocycles. The molecule has 1 amide bonds. The Kier molecular flexibility index (Phi) is 4.88. The van der Waals surface area contributed by atoms with Crippen LogP contribution in [0.5, 0.6) is 0 Å². The zero-order valence-electron chi connectivity index (χ0n) is 12.6. The van der Waals surface area contributed by atoms with Crippen LogP contribution in [0.2, 0.25) is 0 Å². The lowest BCUT2D eigenvalue weighted by molar-refractivity contribution is -0.144. The quantitative estimate of drug-likeness (QED) is 0.798. The van der Waals surface area contributed by atoms with Gasteiger partial charge in [-0.25, -0.2) is 8.42 Å². The highest BCUT2D eigenvalue weighted by molar-refractivity contribution is 7.89. The summed E-state index contributed by atoms with van der Waals surface area (Å²) in [5.74, 6) is -1.11. The van der Waals surface area contributed by atoms with E-state index in [0.29, 0.717) is 4.88 Å². The first kappa shape index (κ1) is 16.9. The van der Waals surface area contributed by atoms with Crippen LogP contribution >= 0.6 is 11.3 Å². The molecule has 2 rings (SSSR count). The van der Waals surface area contributed by atoms with Crippen LogP contribution in [-0.2, 0) is 24.3 Å². The number of carbonyl (C=O) groups is 2. The molecule has 22 heavy (non-hydrogen) atoms. The number of thiophene rings is 1.